The molecule has 1 N–H and O–H groups in total. The fourth-order valence-corrected chi connectivity index (χ4v) is 2.96. The largest absolute Gasteiger partial charge is 0.388 e. The number of aliphatic hydroxyl groups is 1. The van der Waals surface area contributed by atoms with Gasteiger partial charge in [-0.05, 0) is 44.4 Å². The summed E-state index contributed by atoms with van der Waals surface area (Å²) in [5.74, 6) is -0.495. The van der Waals surface area contributed by atoms with Crippen LogP contribution in [0.15, 0.2) is 18.2 Å². The fraction of sp³-hybridized carbons (Fsp3) is 0.533. The minimum atomic E-state index is -0.918. The molecule has 20 heavy (non-hydrogen) atoms. The molecule has 1 aliphatic heterocycles. The van der Waals surface area contributed by atoms with Crippen LogP contribution in [0.4, 0.5) is 4.39 Å². The molecule has 0 unspecified atom stereocenters. The first kappa shape index (κ1) is 15.3. The first-order chi connectivity index (χ1) is 9.29. The molecule has 1 atom stereocenters. The van der Waals surface area contributed by atoms with Crippen molar-refractivity contribution in [2.45, 2.75) is 44.8 Å². The molecule has 0 spiro atoms. The van der Waals surface area contributed by atoms with Crippen molar-refractivity contribution in [2.75, 3.05) is 6.54 Å². The Kier molecular flexibility index (Phi) is 4.35. The maximum Gasteiger partial charge on any atom is 0.227 e. The van der Waals surface area contributed by atoms with Crippen LogP contribution in [0.1, 0.15) is 32.3 Å². The summed E-state index contributed by atoms with van der Waals surface area (Å²) in [4.78, 5) is 14.1. The van der Waals surface area contributed by atoms with Crippen LogP contribution in [-0.4, -0.2) is 34.1 Å². The van der Waals surface area contributed by atoms with E-state index in [0.717, 1.165) is 12.8 Å². The Hall–Kier alpha value is -1.13. The smallest absolute Gasteiger partial charge is 0.227 e. The monoisotopic (exact) mass is 299 g/mol. The Morgan fingerprint density at radius 1 is 1.55 bits per heavy atom. The summed E-state index contributed by atoms with van der Waals surface area (Å²) >= 11 is 5.95. The van der Waals surface area contributed by atoms with Gasteiger partial charge in [0.1, 0.15) is 5.82 Å². The molecule has 1 amide bonds. The van der Waals surface area contributed by atoms with Gasteiger partial charge >= 0.3 is 0 Å². The van der Waals surface area contributed by atoms with Gasteiger partial charge in [-0.2, -0.15) is 0 Å². The van der Waals surface area contributed by atoms with E-state index < -0.39 is 11.4 Å². The number of benzene rings is 1. The van der Waals surface area contributed by atoms with Crippen molar-refractivity contribution in [1.29, 1.82) is 0 Å². The first-order valence-corrected chi connectivity index (χ1v) is 7.12. The predicted octanol–water partition coefficient (Wildman–Crippen LogP) is 2.78. The highest BCUT2D eigenvalue weighted by molar-refractivity contribution is 6.31. The zero-order valence-electron chi connectivity index (χ0n) is 11.7. The van der Waals surface area contributed by atoms with Gasteiger partial charge in [0.25, 0.3) is 0 Å². The summed E-state index contributed by atoms with van der Waals surface area (Å²) in [6.45, 7) is 4.08. The van der Waals surface area contributed by atoms with Crippen LogP contribution >= 0.6 is 11.6 Å². The van der Waals surface area contributed by atoms with Crippen molar-refractivity contribution >= 4 is 17.5 Å². The number of halogens is 2. The zero-order chi connectivity index (χ0) is 14.9. The molecule has 0 bridgehead atoms. The second-order valence-electron chi connectivity index (χ2n) is 5.81. The highest BCUT2D eigenvalue weighted by Gasteiger charge is 2.38. The van der Waals surface area contributed by atoms with Crippen LogP contribution in [0, 0.1) is 5.82 Å². The van der Waals surface area contributed by atoms with Crippen molar-refractivity contribution < 1.29 is 14.3 Å². The fourth-order valence-electron chi connectivity index (χ4n) is 2.73. The van der Waals surface area contributed by atoms with E-state index in [1.807, 2.05) is 0 Å². The Labute approximate surface area is 123 Å². The number of carbonyl (C=O) groups excluding carboxylic acids is 1. The molecule has 1 aromatic rings. The average molecular weight is 300 g/mol. The number of rotatable bonds is 3. The third kappa shape index (κ3) is 3.30. The van der Waals surface area contributed by atoms with Crippen LogP contribution in [0.25, 0.3) is 0 Å². The number of carbonyl (C=O) groups is 1. The molecule has 0 aliphatic carbocycles. The van der Waals surface area contributed by atoms with E-state index in [0.29, 0.717) is 12.1 Å². The summed E-state index contributed by atoms with van der Waals surface area (Å²) in [7, 11) is 0. The molecule has 1 saturated heterocycles. The van der Waals surface area contributed by atoms with E-state index >= 15 is 0 Å². The molecule has 2 rings (SSSR count). The van der Waals surface area contributed by atoms with Crippen LogP contribution in [0.2, 0.25) is 5.02 Å². The Bertz CT molecular complexity index is 513. The van der Waals surface area contributed by atoms with E-state index in [9.17, 15) is 14.3 Å². The molecule has 1 heterocycles. The lowest BCUT2D eigenvalue weighted by Crippen LogP contribution is -2.48. The summed E-state index contributed by atoms with van der Waals surface area (Å²) in [5, 5.41) is 10.4. The molecule has 0 aromatic heterocycles. The Balaban J connectivity index is 2.12. The van der Waals surface area contributed by atoms with Gasteiger partial charge in [0.2, 0.25) is 5.91 Å². The average Bonchev–Trinajstić information content (AvgIpc) is 2.81. The summed E-state index contributed by atoms with van der Waals surface area (Å²) < 4.78 is 13.0. The van der Waals surface area contributed by atoms with Crippen LogP contribution in [-0.2, 0) is 11.2 Å². The van der Waals surface area contributed by atoms with Crippen molar-refractivity contribution in [2.24, 2.45) is 0 Å². The van der Waals surface area contributed by atoms with Crippen LogP contribution in [0.3, 0.4) is 0 Å². The normalized spacial score (nSPS) is 19.4. The lowest BCUT2D eigenvalue weighted by molar-refractivity contribution is -0.135. The van der Waals surface area contributed by atoms with Gasteiger partial charge < -0.3 is 10.0 Å². The zero-order valence-corrected chi connectivity index (χ0v) is 12.5. The first-order valence-electron chi connectivity index (χ1n) is 6.75. The third-order valence-electron chi connectivity index (χ3n) is 3.75. The third-order valence-corrected chi connectivity index (χ3v) is 4.10. The summed E-state index contributed by atoms with van der Waals surface area (Å²) in [6, 6.07) is 3.87. The summed E-state index contributed by atoms with van der Waals surface area (Å²) in [5.41, 5.74) is -0.307. The predicted molar refractivity (Wildman–Crippen MR) is 76.1 cm³/mol. The molecule has 1 aromatic carbocycles. The number of hydrogen-bond donors (Lipinski definition) is 1. The SMILES string of the molecule is CC(C)(O)[C@H]1CCCN1C(=O)Cc1ccc(F)cc1Cl. The number of hydrogen-bond acceptors (Lipinski definition) is 2. The standard InChI is InChI=1S/C15H19ClFNO2/c1-15(2,20)13-4-3-7-18(13)14(19)8-10-5-6-11(17)9-12(10)16/h5-6,9,13,20H,3-4,7-8H2,1-2H3/t13-/m1/s1. The van der Waals surface area contributed by atoms with Gasteiger partial charge in [-0.15, -0.1) is 0 Å². The summed E-state index contributed by atoms with van der Waals surface area (Å²) in [6.07, 6.45) is 1.82. The lowest BCUT2D eigenvalue weighted by Gasteiger charge is -2.34. The number of nitrogens with zero attached hydrogens (tertiary/aromatic N) is 1. The molecular weight excluding hydrogens is 281 g/mol. The van der Waals surface area contributed by atoms with Gasteiger partial charge in [-0.1, -0.05) is 17.7 Å². The molecule has 0 radical (unpaired) electrons. The van der Waals surface area contributed by atoms with E-state index in [-0.39, 0.29) is 23.4 Å². The highest BCUT2D eigenvalue weighted by Crippen LogP contribution is 2.28. The number of likely N-dealkylation sites (tertiary alicyclic amines) is 1. The van der Waals surface area contributed by atoms with E-state index in [2.05, 4.69) is 0 Å². The molecule has 110 valence electrons. The molecule has 5 heteroatoms. The second kappa shape index (κ2) is 5.70. The maximum absolute atomic E-state index is 13.0. The van der Waals surface area contributed by atoms with Gasteiger partial charge in [0.05, 0.1) is 18.1 Å². The van der Waals surface area contributed by atoms with Gasteiger partial charge in [-0.25, -0.2) is 4.39 Å². The lowest BCUT2D eigenvalue weighted by atomic mass is 9.96. The Morgan fingerprint density at radius 3 is 2.85 bits per heavy atom. The van der Waals surface area contributed by atoms with Crippen molar-refractivity contribution in [3.05, 3.63) is 34.6 Å². The maximum atomic E-state index is 13.0. The number of amides is 1. The second-order valence-corrected chi connectivity index (χ2v) is 6.22. The molecule has 1 aliphatic rings. The van der Waals surface area contributed by atoms with Gasteiger partial charge in [0.15, 0.2) is 0 Å². The van der Waals surface area contributed by atoms with E-state index in [1.165, 1.54) is 18.2 Å². The van der Waals surface area contributed by atoms with Crippen molar-refractivity contribution in [3.8, 4) is 0 Å². The van der Waals surface area contributed by atoms with Gasteiger partial charge in [0, 0.05) is 11.6 Å². The molecule has 1 fully saturated rings. The highest BCUT2D eigenvalue weighted by atomic mass is 35.5. The van der Waals surface area contributed by atoms with E-state index in [4.69, 9.17) is 11.6 Å². The Morgan fingerprint density at radius 2 is 2.25 bits per heavy atom. The quantitative estimate of drug-likeness (QED) is 0.932. The molecule has 0 saturated carbocycles. The van der Waals surface area contributed by atoms with Crippen LogP contribution < -0.4 is 0 Å². The van der Waals surface area contributed by atoms with Crippen molar-refractivity contribution in [3.63, 3.8) is 0 Å². The van der Waals surface area contributed by atoms with Gasteiger partial charge in [-0.3, -0.25) is 4.79 Å². The van der Waals surface area contributed by atoms with Crippen LogP contribution in [0.5, 0.6) is 0 Å². The van der Waals surface area contributed by atoms with Crippen molar-refractivity contribution in [1.82, 2.24) is 4.90 Å². The molecule has 3 nitrogen and oxygen atoms in total. The minimum Gasteiger partial charge on any atom is -0.388 e. The minimum absolute atomic E-state index is 0.0804. The van der Waals surface area contributed by atoms with E-state index in [1.54, 1.807) is 18.7 Å². The topological polar surface area (TPSA) is 40.5 Å². The molecular formula is C15H19ClFNO2.